The fourth-order valence-corrected chi connectivity index (χ4v) is 3.90. The third kappa shape index (κ3) is 3.09. The van der Waals surface area contributed by atoms with Crippen LogP contribution in [0, 0.1) is 0 Å². The van der Waals surface area contributed by atoms with Gasteiger partial charge in [-0.3, -0.25) is 4.98 Å². The summed E-state index contributed by atoms with van der Waals surface area (Å²) in [6.07, 6.45) is 6.01. The van der Waals surface area contributed by atoms with Crippen LogP contribution >= 0.6 is 11.6 Å². The van der Waals surface area contributed by atoms with Crippen LogP contribution in [0.15, 0.2) is 36.8 Å². The number of pyridine rings is 1. The van der Waals surface area contributed by atoms with Crippen LogP contribution in [0.4, 0.5) is 5.69 Å². The standard InChI is InChI=1S/C19H22ClN5/c1-13(2)25-12-22-23-19(25)14-4-3-9-24(11-14)18-7-8-21-17-6-5-15(20)10-16(17)18/h5-8,10,12-14H,3-4,9,11H2,1-2H3. The SMILES string of the molecule is CC(C)n1cnnc1C1CCCN(c2ccnc3ccc(Cl)cc23)C1. The number of aromatic nitrogens is 4. The van der Waals surface area contributed by atoms with Gasteiger partial charge in [-0.2, -0.15) is 0 Å². The van der Waals surface area contributed by atoms with Gasteiger partial charge < -0.3 is 9.47 Å². The zero-order valence-electron chi connectivity index (χ0n) is 14.6. The summed E-state index contributed by atoms with van der Waals surface area (Å²) in [6, 6.07) is 8.36. The summed E-state index contributed by atoms with van der Waals surface area (Å²) < 4.78 is 2.19. The van der Waals surface area contributed by atoms with Gasteiger partial charge in [0, 0.05) is 47.3 Å². The van der Waals surface area contributed by atoms with E-state index in [4.69, 9.17) is 11.6 Å². The Bertz CT molecular complexity index is 888. The summed E-state index contributed by atoms with van der Waals surface area (Å²) in [7, 11) is 0. The maximum Gasteiger partial charge on any atom is 0.137 e. The molecule has 0 aliphatic carbocycles. The highest BCUT2D eigenvalue weighted by Crippen LogP contribution is 2.34. The third-order valence-corrected chi connectivity index (χ3v) is 5.20. The van der Waals surface area contributed by atoms with Gasteiger partial charge in [-0.1, -0.05) is 11.6 Å². The summed E-state index contributed by atoms with van der Waals surface area (Å²) in [5.74, 6) is 1.48. The van der Waals surface area contributed by atoms with Crippen molar-refractivity contribution in [1.82, 2.24) is 19.7 Å². The average Bonchev–Trinajstić information content (AvgIpc) is 3.11. The quantitative estimate of drug-likeness (QED) is 0.696. The van der Waals surface area contributed by atoms with Crippen molar-refractivity contribution in [2.45, 2.75) is 38.6 Å². The molecule has 0 N–H and O–H groups in total. The van der Waals surface area contributed by atoms with Crippen LogP contribution in [0.5, 0.6) is 0 Å². The molecule has 1 atom stereocenters. The van der Waals surface area contributed by atoms with Crippen molar-refractivity contribution in [1.29, 1.82) is 0 Å². The molecule has 5 nitrogen and oxygen atoms in total. The number of hydrogen-bond acceptors (Lipinski definition) is 4. The summed E-state index contributed by atoms with van der Waals surface area (Å²) in [5, 5.41) is 10.4. The molecule has 1 aromatic carbocycles. The van der Waals surface area contributed by atoms with Crippen LogP contribution in [-0.2, 0) is 0 Å². The van der Waals surface area contributed by atoms with Gasteiger partial charge in [0.05, 0.1) is 5.52 Å². The highest BCUT2D eigenvalue weighted by molar-refractivity contribution is 6.31. The molecule has 3 heterocycles. The van der Waals surface area contributed by atoms with E-state index >= 15 is 0 Å². The number of hydrogen-bond donors (Lipinski definition) is 0. The van der Waals surface area contributed by atoms with E-state index in [-0.39, 0.29) is 0 Å². The molecule has 0 radical (unpaired) electrons. The molecule has 3 aromatic rings. The van der Waals surface area contributed by atoms with E-state index in [0.717, 1.165) is 47.7 Å². The fraction of sp³-hybridized carbons (Fsp3) is 0.421. The molecule has 0 spiro atoms. The summed E-state index contributed by atoms with van der Waals surface area (Å²) in [5.41, 5.74) is 2.18. The number of rotatable bonds is 3. The van der Waals surface area contributed by atoms with Gasteiger partial charge in [-0.25, -0.2) is 0 Å². The number of nitrogens with zero attached hydrogens (tertiary/aromatic N) is 5. The molecular weight excluding hydrogens is 334 g/mol. The molecule has 1 unspecified atom stereocenters. The van der Waals surface area contributed by atoms with E-state index in [0.29, 0.717) is 12.0 Å². The third-order valence-electron chi connectivity index (χ3n) is 4.96. The first-order chi connectivity index (χ1) is 12.1. The first-order valence-corrected chi connectivity index (χ1v) is 9.20. The van der Waals surface area contributed by atoms with Crippen molar-refractivity contribution in [3.63, 3.8) is 0 Å². The zero-order valence-corrected chi connectivity index (χ0v) is 15.3. The summed E-state index contributed by atoms with van der Waals surface area (Å²) in [6.45, 7) is 6.33. The Morgan fingerprint density at radius 2 is 2.12 bits per heavy atom. The van der Waals surface area contributed by atoms with E-state index in [1.807, 2.05) is 30.7 Å². The van der Waals surface area contributed by atoms with Gasteiger partial charge in [0.1, 0.15) is 12.2 Å². The van der Waals surface area contributed by atoms with Crippen molar-refractivity contribution in [2.75, 3.05) is 18.0 Å². The maximum atomic E-state index is 6.23. The van der Waals surface area contributed by atoms with Gasteiger partial charge >= 0.3 is 0 Å². The lowest BCUT2D eigenvalue weighted by atomic mass is 9.96. The first kappa shape index (κ1) is 16.3. The van der Waals surface area contributed by atoms with Crippen LogP contribution in [0.2, 0.25) is 5.02 Å². The van der Waals surface area contributed by atoms with Crippen LogP contribution in [0.25, 0.3) is 10.9 Å². The van der Waals surface area contributed by atoms with Crippen molar-refractivity contribution in [3.05, 3.63) is 47.6 Å². The van der Waals surface area contributed by atoms with E-state index in [1.165, 1.54) is 5.69 Å². The lowest BCUT2D eigenvalue weighted by Gasteiger charge is -2.35. The summed E-state index contributed by atoms with van der Waals surface area (Å²) in [4.78, 5) is 6.91. The van der Waals surface area contributed by atoms with E-state index in [2.05, 4.69) is 44.6 Å². The maximum absolute atomic E-state index is 6.23. The van der Waals surface area contributed by atoms with Crippen molar-refractivity contribution in [3.8, 4) is 0 Å². The van der Waals surface area contributed by atoms with E-state index in [9.17, 15) is 0 Å². The van der Waals surface area contributed by atoms with Crippen LogP contribution in [0.3, 0.4) is 0 Å². The van der Waals surface area contributed by atoms with Gasteiger partial charge in [0.15, 0.2) is 0 Å². The molecule has 0 saturated carbocycles. The molecule has 1 aliphatic rings. The lowest BCUT2D eigenvalue weighted by molar-refractivity contribution is 0.455. The highest BCUT2D eigenvalue weighted by Gasteiger charge is 2.27. The molecule has 0 amide bonds. The Hall–Kier alpha value is -2.14. The van der Waals surface area contributed by atoms with E-state index < -0.39 is 0 Å². The Morgan fingerprint density at radius 1 is 1.24 bits per heavy atom. The predicted molar refractivity (Wildman–Crippen MR) is 101 cm³/mol. The second kappa shape index (κ2) is 6.64. The second-order valence-electron chi connectivity index (χ2n) is 6.97. The molecule has 130 valence electrons. The van der Waals surface area contributed by atoms with Crippen molar-refractivity contribution in [2.24, 2.45) is 0 Å². The number of benzene rings is 1. The highest BCUT2D eigenvalue weighted by atomic mass is 35.5. The molecule has 0 bridgehead atoms. The predicted octanol–water partition coefficient (Wildman–Crippen LogP) is 4.44. The average molecular weight is 356 g/mol. The molecule has 2 aromatic heterocycles. The smallest absolute Gasteiger partial charge is 0.137 e. The number of halogens is 1. The van der Waals surface area contributed by atoms with Gasteiger partial charge in [-0.15, -0.1) is 10.2 Å². The molecular formula is C19H22ClN5. The largest absolute Gasteiger partial charge is 0.370 e. The first-order valence-electron chi connectivity index (χ1n) is 8.82. The van der Waals surface area contributed by atoms with Crippen molar-refractivity contribution >= 4 is 28.2 Å². The minimum Gasteiger partial charge on any atom is -0.370 e. The van der Waals surface area contributed by atoms with Crippen LogP contribution in [-0.4, -0.2) is 32.8 Å². The minimum atomic E-state index is 0.376. The fourth-order valence-electron chi connectivity index (χ4n) is 3.73. The normalized spacial score (nSPS) is 18.2. The van der Waals surface area contributed by atoms with E-state index in [1.54, 1.807) is 0 Å². The van der Waals surface area contributed by atoms with Crippen LogP contribution in [0.1, 0.15) is 44.5 Å². The molecule has 4 rings (SSSR count). The molecule has 1 aliphatic heterocycles. The number of fused-ring (bicyclic) bond motifs is 1. The molecule has 1 fully saturated rings. The monoisotopic (exact) mass is 355 g/mol. The molecule has 1 saturated heterocycles. The lowest BCUT2D eigenvalue weighted by Crippen LogP contribution is -2.35. The zero-order chi connectivity index (χ0) is 17.4. The van der Waals surface area contributed by atoms with Gasteiger partial charge in [0.2, 0.25) is 0 Å². The van der Waals surface area contributed by atoms with Crippen molar-refractivity contribution < 1.29 is 0 Å². The Balaban J connectivity index is 1.68. The van der Waals surface area contributed by atoms with Crippen LogP contribution < -0.4 is 4.90 Å². The number of anilines is 1. The number of piperidine rings is 1. The summed E-state index contributed by atoms with van der Waals surface area (Å²) >= 11 is 6.23. The minimum absolute atomic E-state index is 0.376. The topological polar surface area (TPSA) is 46.8 Å². The van der Waals surface area contributed by atoms with Gasteiger partial charge in [-0.05, 0) is 51.0 Å². The molecule has 25 heavy (non-hydrogen) atoms. The molecule has 6 heteroatoms. The Kier molecular flexibility index (Phi) is 4.34. The Morgan fingerprint density at radius 3 is 2.96 bits per heavy atom. The second-order valence-corrected chi connectivity index (χ2v) is 7.40. The Labute approximate surface area is 152 Å². The van der Waals surface area contributed by atoms with Gasteiger partial charge in [0.25, 0.3) is 0 Å².